The monoisotopic (exact) mass is 513 g/mol. The number of nitrogens with one attached hydrogen (secondary N) is 1. The standard InChI is InChI=1S/C25H24ClN3O5S/c1-28-23(25(30)29(2)35(31,32)19-10-8-17(33-3)9-11-19)15-20-22(13-12-21(26)24(20)28)27-16-6-5-7-18(14-16)34-4/h5-15,27H,1-4H3. The molecule has 0 unspecified atom stereocenters. The van der Waals surface area contributed by atoms with Gasteiger partial charge < -0.3 is 19.4 Å². The van der Waals surface area contributed by atoms with Gasteiger partial charge in [0.15, 0.2) is 0 Å². The van der Waals surface area contributed by atoms with Crippen molar-refractivity contribution in [2.24, 2.45) is 7.05 Å². The molecule has 1 heterocycles. The van der Waals surface area contributed by atoms with Gasteiger partial charge in [0.2, 0.25) is 0 Å². The van der Waals surface area contributed by atoms with E-state index >= 15 is 0 Å². The number of hydrogen-bond acceptors (Lipinski definition) is 6. The SMILES string of the molecule is COc1ccc(S(=O)(=O)N(C)C(=O)c2cc3c(Nc4cccc(OC)c4)ccc(Cl)c3n2C)cc1. The van der Waals surface area contributed by atoms with Crippen LogP contribution in [0.4, 0.5) is 11.4 Å². The van der Waals surface area contributed by atoms with Crippen LogP contribution in [0.5, 0.6) is 11.5 Å². The number of sulfonamides is 1. The van der Waals surface area contributed by atoms with E-state index in [1.54, 1.807) is 36.9 Å². The zero-order chi connectivity index (χ0) is 25.3. The maximum atomic E-state index is 13.4. The van der Waals surface area contributed by atoms with Crippen LogP contribution in [0.15, 0.2) is 71.6 Å². The van der Waals surface area contributed by atoms with Crippen LogP contribution in [0.1, 0.15) is 10.5 Å². The second-order valence-electron chi connectivity index (χ2n) is 7.76. The van der Waals surface area contributed by atoms with Crippen LogP contribution in [0.3, 0.4) is 0 Å². The number of aryl methyl sites for hydroxylation is 1. The maximum absolute atomic E-state index is 13.4. The largest absolute Gasteiger partial charge is 0.497 e. The molecule has 182 valence electrons. The molecule has 1 N–H and O–H groups in total. The van der Waals surface area contributed by atoms with E-state index in [1.165, 1.54) is 38.4 Å². The molecular weight excluding hydrogens is 490 g/mol. The Bertz CT molecular complexity index is 1510. The predicted molar refractivity (Wildman–Crippen MR) is 136 cm³/mol. The van der Waals surface area contributed by atoms with Gasteiger partial charge in [0, 0.05) is 36.9 Å². The number of anilines is 2. The van der Waals surface area contributed by atoms with Gasteiger partial charge in [-0.15, -0.1) is 0 Å². The van der Waals surface area contributed by atoms with Gasteiger partial charge in [0.1, 0.15) is 17.2 Å². The van der Waals surface area contributed by atoms with Crippen molar-refractivity contribution < 1.29 is 22.7 Å². The molecular formula is C25H24ClN3O5S. The zero-order valence-electron chi connectivity index (χ0n) is 19.6. The molecule has 3 aromatic carbocycles. The number of aromatic nitrogens is 1. The number of carbonyl (C=O) groups excluding carboxylic acids is 1. The van der Waals surface area contributed by atoms with Gasteiger partial charge in [-0.3, -0.25) is 4.79 Å². The van der Waals surface area contributed by atoms with Crippen molar-refractivity contribution in [1.82, 2.24) is 8.87 Å². The Balaban J connectivity index is 1.73. The summed E-state index contributed by atoms with van der Waals surface area (Å²) in [4.78, 5) is 13.3. The number of rotatable bonds is 7. The topological polar surface area (TPSA) is 89.9 Å². The highest BCUT2D eigenvalue weighted by Gasteiger charge is 2.29. The average Bonchev–Trinajstić information content (AvgIpc) is 3.23. The fourth-order valence-electron chi connectivity index (χ4n) is 3.77. The molecule has 0 bridgehead atoms. The lowest BCUT2D eigenvalue weighted by molar-refractivity contribution is 0.0874. The van der Waals surface area contributed by atoms with Crippen molar-refractivity contribution in [2.75, 3.05) is 26.6 Å². The molecule has 0 aliphatic heterocycles. The van der Waals surface area contributed by atoms with Crippen LogP contribution in [0.25, 0.3) is 10.9 Å². The average molecular weight is 514 g/mol. The third-order valence-electron chi connectivity index (χ3n) is 5.72. The molecule has 0 radical (unpaired) electrons. The summed E-state index contributed by atoms with van der Waals surface area (Å²) in [5.41, 5.74) is 2.25. The number of halogens is 1. The van der Waals surface area contributed by atoms with Crippen molar-refractivity contribution in [2.45, 2.75) is 4.90 Å². The Hall–Kier alpha value is -3.69. The van der Waals surface area contributed by atoms with E-state index in [0.29, 0.717) is 33.1 Å². The molecule has 8 nitrogen and oxygen atoms in total. The Morgan fingerprint density at radius 3 is 2.31 bits per heavy atom. The smallest absolute Gasteiger partial charge is 0.283 e. The number of fused-ring (bicyclic) bond motifs is 1. The molecule has 0 aliphatic carbocycles. The number of nitrogens with zero attached hydrogens (tertiary/aromatic N) is 2. The Morgan fingerprint density at radius 1 is 0.971 bits per heavy atom. The van der Waals surface area contributed by atoms with Crippen LogP contribution < -0.4 is 14.8 Å². The van der Waals surface area contributed by atoms with Gasteiger partial charge in [0.25, 0.3) is 15.9 Å². The highest BCUT2D eigenvalue weighted by molar-refractivity contribution is 7.89. The number of amides is 1. The molecule has 4 rings (SSSR count). The van der Waals surface area contributed by atoms with Crippen molar-refractivity contribution in [3.05, 3.63) is 77.4 Å². The first-order chi connectivity index (χ1) is 16.7. The summed E-state index contributed by atoms with van der Waals surface area (Å²) in [7, 11) is 1.89. The molecule has 0 atom stereocenters. The lowest BCUT2D eigenvalue weighted by Crippen LogP contribution is -2.34. The Morgan fingerprint density at radius 2 is 1.66 bits per heavy atom. The minimum absolute atomic E-state index is 0.0219. The summed E-state index contributed by atoms with van der Waals surface area (Å²) in [6.45, 7) is 0. The summed E-state index contributed by atoms with van der Waals surface area (Å²) in [6, 6.07) is 18.4. The van der Waals surface area contributed by atoms with E-state index < -0.39 is 15.9 Å². The van der Waals surface area contributed by atoms with E-state index in [-0.39, 0.29) is 10.6 Å². The quantitative estimate of drug-likeness (QED) is 0.372. The predicted octanol–water partition coefficient (Wildman–Crippen LogP) is 5.05. The number of ether oxygens (including phenoxy) is 2. The second-order valence-corrected chi connectivity index (χ2v) is 10.1. The minimum atomic E-state index is -4.09. The molecule has 0 fully saturated rings. The molecule has 1 aromatic heterocycles. The highest BCUT2D eigenvalue weighted by atomic mass is 35.5. The van der Waals surface area contributed by atoms with E-state index in [2.05, 4.69) is 5.32 Å². The molecule has 0 saturated heterocycles. The maximum Gasteiger partial charge on any atom is 0.283 e. The fraction of sp³-hybridized carbons (Fsp3) is 0.160. The number of carbonyl (C=O) groups is 1. The van der Waals surface area contributed by atoms with Gasteiger partial charge in [-0.2, -0.15) is 0 Å². The normalized spacial score (nSPS) is 11.3. The molecule has 4 aromatic rings. The van der Waals surface area contributed by atoms with E-state index in [9.17, 15) is 13.2 Å². The third-order valence-corrected chi connectivity index (χ3v) is 7.78. The zero-order valence-corrected chi connectivity index (χ0v) is 21.1. The van der Waals surface area contributed by atoms with Gasteiger partial charge in [0.05, 0.1) is 29.7 Å². The van der Waals surface area contributed by atoms with Crippen LogP contribution >= 0.6 is 11.6 Å². The van der Waals surface area contributed by atoms with Crippen molar-refractivity contribution >= 4 is 49.8 Å². The van der Waals surface area contributed by atoms with Gasteiger partial charge in [-0.1, -0.05) is 17.7 Å². The van der Waals surface area contributed by atoms with Crippen LogP contribution in [-0.4, -0.2) is 44.5 Å². The lowest BCUT2D eigenvalue weighted by atomic mass is 10.2. The van der Waals surface area contributed by atoms with Gasteiger partial charge >= 0.3 is 0 Å². The minimum Gasteiger partial charge on any atom is -0.497 e. The summed E-state index contributed by atoms with van der Waals surface area (Å²) in [6.07, 6.45) is 0. The molecule has 0 saturated carbocycles. The molecule has 10 heteroatoms. The van der Waals surface area contributed by atoms with Crippen molar-refractivity contribution in [3.8, 4) is 11.5 Å². The second kappa shape index (κ2) is 9.52. The number of methoxy groups -OCH3 is 2. The first kappa shape index (κ1) is 24.4. The fourth-order valence-corrected chi connectivity index (χ4v) is 5.17. The molecule has 0 aliphatic rings. The highest BCUT2D eigenvalue weighted by Crippen LogP contribution is 2.35. The van der Waals surface area contributed by atoms with Gasteiger partial charge in [-0.05, 0) is 54.6 Å². The lowest BCUT2D eigenvalue weighted by Gasteiger charge is -2.18. The van der Waals surface area contributed by atoms with E-state index in [4.69, 9.17) is 21.1 Å². The van der Waals surface area contributed by atoms with Gasteiger partial charge in [-0.25, -0.2) is 12.7 Å². The van der Waals surface area contributed by atoms with E-state index in [1.807, 2.05) is 24.3 Å². The summed E-state index contributed by atoms with van der Waals surface area (Å²) >= 11 is 6.47. The first-order valence-electron chi connectivity index (χ1n) is 10.5. The van der Waals surface area contributed by atoms with Crippen molar-refractivity contribution in [3.63, 3.8) is 0 Å². The van der Waals surface area contributed by atoms with Crippen molar-refractivity contribution in [1.29, 1.82) is 0 Å². The molecule has 0 spiro atoms. The number of benzene rings is 3. The third kappa shape index (κ3) is 4.52. The molecule has 35 heavy (non-hydrogen) atoms. The summed E-state index contributed by atoms with van der Waals surface area (Å²) in [5, 5.41) is 4.41. The van der Waals surface area contributed by atoms with Crippen LogP contribution in [0.2, 0.25) is 5.02 Å². The van der Waals surface area contributed by atoms with E-state index in [0.717, 1.165) is 9.99 Å². The summed E-state index contributed by atoms with van der Waals surface area (Å²) in [5.74, 6) is 0.509. The van der Waals surface area contributed by atoms with Crippen LogP contribution in [-0.2, 0) is 17.1 Å². The molecule has 1 amide bonds. The Labute approximate surface area is 208 Å². The summed E-state index contributed by atoms with van der Waals surface area (Å²) < 4.78 is 38.9. The number of hydrogen-bond donors (Lipinski definition) is 1. The first-order valence-corrected chi connectivity index (χ1v) is 12.4. The Kier molecular flexibility index (Phi) is 6.64. The van der Waals surface area contributed by atoms with Crippen LogP contribution in [0, 0.1) is 0 Å².